The van der Waals surface area contributed by atoms with Crippen LogP contribution in [0.5, 0.6) is 0 Å². The molecule has 0 bridgehead atoms. The van der Waals surface area contributed by atoms with Crippen LogP contribution in [0.3, 0.4) is 0 Å². The number of aromatic nitrogens is 2. The summed E-state index contributed by atoms with van der Waals surface area (Å²) in [4.78, 5) is 18.5. The third-order valence-electron chi connectivity index (χ3n) is 2.42. The quantitative estimate of drug-likeness (QED) is 0.577. The molecule has 88 valence electrons. The molecule has 0 fully saturated rings. The highest BCUT2D eigenvalue weighted by molar-refractivity contribution is 5.88. The van der Waals surface area contributed by atoms with E-state index in [0.29, 0.717) is 13.0 Å². The van der Waals surface area contributed by atoms with Gasteiger partial charge in [0.1, 0.15) is 12.1 Å². The van der Waals surface area contributed by atoms with Crippen molar-refractivity contribution >= 4 is 23.1 Å². The zero-order valence-corrected chi connectivity index (χ0v) is 9.39. The van der Waals surface area contributed by atoms with Crippen molar-refractivity contribution in [3.05, 3.63) is 30.6 Å². The van der Waals surface area contributed by atoms with Crippen molar-refractivity contribution in [2.75, 3.05) is 18.4 Å². The molecule has 1 amide bonds. The van der Waals surface area contributed by atoms with Gasteiger partial charge < -0.3 is 10.6 Å². The highest BCUT2D eigenvalue weighted by Crippen LogP contribution is 2.17. The Kier molecular flexibility index (Phi) is 3.85. The average Bonchev–Trinajstić information content (AvgIpc) is 2.39. The van der Waals surface area contributed by atoms with Crippen molar-refractivity contribution in [3.8, 4) is 0 Å². The van der Waals surface area contributed by atoms with Gasteiger partial charge in [-0.25, -0.2) is 9.97 Å². The highest BCUT2D eigenvalue weighted by atomic mass is 16.1. The Labute approximate surface area is 99.3 Å². The molecule has 17 heavy (non-hydrogen) atoms. The molecule has 2 aromatic rings. The monoisotopic (exact) mass is 230 g/mol. The van der Waals surface area contributed by atoms with Gasteiger partial charge >= 0.3 is 0 Å². The molecule has 5 nitrogen and oxygen atoms in total. The van der Waals surface area contributed by atoms with Gasteiger partial charge in [0.05, 0.1) is 5.52 Å². The Hall–Kier alpha value is -2.17. The Morgan fingerprint density at radius 1 is 1.18 bits per heavy atom. The summed E-state index contributed by atoms with van der Waals surface area (Å²) in [6.45, 7) is 1.43. The lowest BCUT2D eigenvalue weighted by atomic mass is 10.2. The maximum atomic E-state index is 10.1. The molecule has 1 aromatic carbocycles. The lowest BCUT2D eigenvalue weighted by Crippen LogP contribution is -2.16. The third kappa shape index (κ3) is 2.90. The van der Waals surface area contributed by atoms with E-state index in [1.54, 1.807) is 6.33 Å². The largest absolute Gasteiger partial charge is 0.369 e. The number of fused-ring (bicyclic) bond motifs is 1. The lowest BCUT2D eigenvalue weighted by Gasteiger charge is -2.07. The molecule has 2 N–H and O–H groups in total. The maximum absolute atomic E-state index is 10.1. The molecule has 2 rings (SSSR count). The fraction of sp³-hybridized carbons (Fsp3) is 0.250. The predicted molar refractivity (Wildman–Crippen MR) is 66.7 cm³/mol. The van der Waals surface area contributed by atoms with Gasteiger partial charge in [-0.1, -0.05) is 12.1 Å². The van der Waals surface area contributed by atoms with Gasteiger partial charge in [-0.05, 0) is 18.6 Å². The van der Waals surface area contributed by atoms with E-state index in [2.05, 4.69) is 20.6 Å². The molecule has 0 atom stereocenters. The molecular weight excluding hydrogens is 216 g/mol. The second kappa shape index (κ2) is 5.79. The number of benzene rings is 1. The summed E-state index contributed by atoms with van der Waals surface area (Å²) in [5, 5.41) is 6.87. The summed E-state index contributed by atoms with van der Waals surface area (Å²) in [5.74, 6) is 0.835. The Morgan fingerprint density at radius 3 is 2.94 bits per heavy atom. The Morgan fingerprint density at radius 2 is 2.06 bits per heavy atom. The van der Waals surface area contributed by atoms with Crippen molar-refractivity contribution < 1.29 is 4.79 Å². The van der Waals surface area contributed by atoms with Crippen molar-refractivity contribution in [2.45, 2.75) is 6.42 Å². The van der Waals surface area contributed by atoms with Crippen LogP contribution in [0, 0.1) is 0 Å². The van der Waals surface area contributed by atoms with Crippen LogP contribution < -0.4 is 10.6 Å². The predicted octanol–water partition coefficient (Wildman–Crippen LogP) is 1.18. The standard InChI is InChI=1S/C12H14N4O/c17-9-13-6-3-7-14-12-10-4-1-2-5-11(10)15-8-16-12/h1-2,4-5,8-9H,3,6-7H2,(H,13,17)(H,14,15,16). The number of nitrogens with one attached hydrogen (secondary N) is 2. The first kappa shape index (κ1) is 11.3. The first-order valence-electron chi connectivity index (χ1n) is 5.52. The molecule has 1 aromatic heterocycles. The van der Waals surface area contributed by atoms with Gasteiger partial charge in [0, 0.05) is 18.5 Å². The van der Waals surface area contributed by atoms with E-state index in [0.717, 1.165) is 29.7 Å². The van der Waals surface area contributed by atoms with Gasteiger partial charge in [-0.15, -0.1) is 0 Å². The van der Waals surface area contributed by atoms with Crippen molar-refractivity contribution in [1.29, 1.82) is 0 Å². The van der Waals surface area contributed by atoms with E-state index < -0.39 is 0 Å². The number of hydrogen-bond acceptors (Lipinski definition) is 4. The first-order chi connectivity index (χ1) is 8.42. The van der Waals surface area contributed by atoms with E-state index in [4.69, 9.17) is 0 Å². The van der Waals surface area contributed by atoms with Crippen LogP contribution in [0.15, 0.2) is 30.6 Å². The van der Waals surface area contributed by atoms with Gasteiger partial charge in [0.2, 0.25) is 6.41 Å². The SMILES string of the molecule is O=CNCCCNc1ncnc2ccccc12. The number of carbonyl (C=O) groups excluding carboxylic acids is 1. The molecule has 0 radical (unpaired) electrons. The molecule has 0 aliphatic rings. The minimum atomic E-state index is 0.666. The summed E-state index contributed by atoms with van der Waals surface area (Å²) in [6, 6.07) is 7.86. The second-order valence-corrected chi connectivity index (χ2v) is 3.59. The van der Waals surface area contributed by atoms with Crippen LogP contribution in [0.1, 0.15) is 6.42 Å². The summed E-state index contributed by atoms with van der Waals surface area (Å²) in [6.07, 6.45) is 3.12. The molecule has 0 spiro atoms. The first-order valence-corrected chi connectivity index (χ1v) is 5.52. The van der Waals surface area contributed by atoms with Crippen LogP contribution in [0.2, 0.25) is 0 Å². The summed E-state index contributed by atoms with van der Waals surface area (Å²) in [7, 11) is 0. The smallest absolute Gasteiger partial charge is 0.207 e. The molecular formula is C12H14N4O. The van der Waals surface area contributed by atoms with E-state index in [9.17, 15) is 4.79 Å². The average molecular weight is 230 g/mol. The number of amides is 1. The van der Waals surface area contributed by atoms with E-state index in [1.165, 1.54) is 0 Å². The molecule has 0 unspecified atom stereocenters. The van der Waals surface area contributed by atoms with Crippen LogP contribution in [0.25, 0.3) is 10.9 Å². The second-order valence-electron chi connectivity index (χ2n) is 3.59. The highest BCUT2D eigenvalue weighted by Gasteiger charge is 2.01. The van der Waals surface area contributed by atoms with Crippen LogP contribution in [-0.2, 0) is 4.79 Å². The van der Waals surface area contributed by atoms with E-state index in [1.807, 2.05) is 24.3 Å². The lowest BCUT2D eigenvalue weighted by molar-refractivity contribution is -0.109. The fourth-order valence-electron chi connectivity index (χ4n) is 1.60. The fourth-order valence-corrected chi connectivity index (χ4v) is 1.60. The van der Waals surface area contributed by atoms with E-state index in [-0.39, 0.29) is 0 Å². The van der Waals surface area contributed by atoms with Crippen molar-refractivity contribution in [2.24, 2.45) is 0 Å². The molecule has 0 saturated carbocycles. The number of para-hydroxylation sites is 1. The molecule has 0 aliphatic heterocycles. The number of hydrogen-bond donors (Lipinski definition) is 2. The minimum Gasteiger partial charge on any atom is -0.369 e. The van der Waals surface area contributed by atoms with Gasteiger partial charge in [0.15, 0.2) is 0 Å². The van der Waals surface area contributed by atoms with Gasteiger partial charge in [-0.2, -0.15) is 0 Å². The number of carbonyl (C=O) groups is 1. The summed E-state index contributed by atoms with van der Waals surface area (Å²) in [5.41, 5.74) is 0.927. The van der Waals surface area contributed by atoms with Crippen LogP contribution >= 0.6 is 0 Å². The Bertz CT molecular complexity index is 495. The maximum Gasteiger partial charge on any atom is 0.207 e. The molecule has 0 aliphatic carbocycles. The van der Waals surface area contributed by atoms with Crippen molar-refractivity contribution in [3.63, 3.8) is 0 Å². The van der Waals surface area contributed by atoms with Crippen LogP contribution in [0.4, 0.5) is 5.82 Å². The van der Waals surface area contributed by atoms with Crippen LogP contribution in [-0.4, -0.2) is 29.5 Å². The van der Waals surface area contributed by atoms with E-state index >= 15 is 0 Å². The third-order valence-corrected chi connectivity index (χ3v) is 2.42. The number of anilines is 1. The topological polar surface area (TPSA) is 66.9 Å². The van der Waals surface area contributed by atoms with Crippen molar-refractivity contribution in [1.82, 2.24) is 15.3 Å². The molecule has 1 heterocycles. The molecule has 5 heteroatoms. The number of rotatable bonds is 6. The normalized spacial score (nSPS) is 10.1. The van der Waals surface area contributed by atoms with Gasteiger partial charge in [0.25, 0.3) is 0 Å². The zero-order chi connectivity index (χ0) is 11.9. The zero-order valence-electron chi connectivity index (χ0n) is 9.39. The Balaban J connectivity index is 2.01. The van der Waals surface area contributed by atoms with Gasteiger partial charge in [-0.3, -0.25) is 4.79 Å². The molecule has 0 saturated heterocycles. The number of nitrogens with zero attached hydrogens (tertiary/aromatic N) is 2. The minimum absolute atomic E-state index is 0.666. The summed E-state index contributed by atoms with van der Waals surface area (Å²) >= 11 is 0. The summed E-state index contributed by atoms with van der Waals surface area (Å²) < 4.78 is 0.